The van der Waals surface area contributed by atoms with E-state index in [4.69, 9.17) is 11.6 Å². The minimum Gasteiger partial charge on any atom is -0.371 e. The Morgan fingerprint density at radius 2 is 2.00 bits per heavy atom. The second-order valence-corrected chi connectivity index (χ2v) is 8.07. The molecule has 1 aromatic rings. The molecule has 1 saturated heterocycles. The molecule has 1 atom stereocenters. The van der Waals surface area contributed by atoms with Crippen molar-refractivity contribution in [2.45, 2.75) is 45.9 Å². The summed E-state index contributed by atoms with van der Waals surface area (Å²) in [6.45, 7) is 9.41. The van der Waals surface area contributed by atoms with Crippen molar-refractivity contribution >= 4 is 33.2 Å². The molecule has 1 aromatic carbocycles. The zero-order valence-corrected chi connectivity index (χ0v) is 15.1. The number of nitrogens with zero attached hydrogens (tertiary/aromatic N) is 1. The highest BCUT2D eigenvalue weighted by molar-refractivity contribution is 9.10. The number of alkyl halides is 1. The number of hydrogen-bond acceptors (Lipinski definition) is 1. The Kier molecular flexibility index (Phi) is 5.42. The van der Waals surface area contributed by atoms with Gasteiger partial charge in [-0.15, -0.1) is 11.6 Å². The Morgan fingerprint density at radius 3 is 2.65 bits per heavy atom. The molecular weight excluding hydrogens is 334 g/mol. The molecule has 1 aliphatic rings. The first-order valence-corrected chi connectivity index (χ1v) is 8.84. The van der Waals surface area contributed by atoms with Crippen molar-refractivity contribution in [3.8, 4) is 0 Å². The lowest BCUT2D eigenvalue weighted by Gasteiger charge is -2.30. The quantitative estimate of drug-likeness (QED) is 0.600. The fourth-order valence-electron chi connectivity index (χ4n) is 3.17. The van der Waals surface area contributed by atoms with Gasteiger partial charge in [0.05, 0.1) is 0 Å². The molecular formula is C17H25BrClN. The van der Waals surface area contributed by atoms with Crippen molar-refractivity contribution in [2.75, 3.05) is 18.0 Å². The summed E-state index contributed by atoms with van der Waals surface area (Å²) in [6.07, 6.45) is 3.90. The predicted molar refractivity (Wildman–Crippen MR) is 92.7 cm³/mol. The molecule has 1 fully saturated rings. The van der Waals surface area contributed by atoms with Gasteiger partial charge in [-0.2, -0.15) is 0 Å². The number of hydrogen-bond donors (Lipinski definition) is 0. The predicted octanol–water partition coefficient (Wildman–Crippen LogP) is 5.84. The number of anilines is 1. The zero-order chi connectivity index (χ0) is 14.8. The molecule has 0 aliphatic carbocycles. The third kappa shape index (κ3) is 3.92. The van der Waals surface area contributed by atoms with Crippen LogP contribution in [0.5, 0.6) is 0 Å². The number of halogens is 2. The molecule has 112 valence electrons. The van der Waals surface area contributed by atoms with Crippen LogP contribution in [0.25, 0.3) is 0 Å². The SMILES string of the molecule is CC(C)(C)C1CCCN(c2ccc(Br)cc2CCl)CC1. The van der Waals surface area contributed by atoms with E-state index in [1.165, 1.54) is 30.5 Å². The summed E-state index contributed by atoms with van der Waals surface area (Å²) in [5.74, 6) is 1.40. The van der Waals surface area contributed by atoms with Gasteiger partial charge in [0, 0.05) is 29.1 Å². The summed E-state index contributed by atoms with van der Waals surface area (Å²) in [7, 11) is 0. The molecule has 0 saturated carbocycles. The topological polar surface area (TPSA) is 3.24 Å². The van der Waals surface area contributed by atoms with Gasteiger partial charge >= 0.3 is 0 Å². The van der Waals surface area contributed by atoms with Gasteiger partial charge in [-0.05, 0) is 54.4 Å². The molecule has 1 unspecified atom stereocenters. The normalized spacial score (nSPS) is 20.9. The van der Waals surface area contributed by atoms with E-state index in [9.17, 15) is 0 Å². The lowest BCUT2D eigenvalue weighted by atomic mass is 9.77. The lowest BCUT2D eigenvalue weighted by molar-refractivity contribution is 0.220. The first-order valence-electron chi connectivity index (χ1n) is 7.51. The second kappa shape index (κ2) is 6.70. The Hall–Kier alpha value is -0.210. The van der Waals surface area contributed by atoms with E-state index in [1.807, 2.05) is 0 Å². The average molecular weight is 359 g/mol. The summed E-state index contributed by atoms with van der Waals surface area (Å²) in [4.78, 5) is 2.52. The summed E-state index contributed by atoms with van der Waals surface area (Å²) >= 11 is 9.65. The van der Waals surface area contributed by atoms with E-state index >= 15 is 0 Å². The van der Waals surface area contributed by atoms with Crippen molar-refractivity contribution < 1.29 is 0 Å². The third-order valence-electron chi connectivity index (χ3n) is 4.48. The Bertz CT molecular complexity index is 453. The van der Waals surface area contributed by atoms with Gasteiger partial charge in [-0.25, -0.2) is 0 Å². The first-order chi connectivity index (χ1) is 9.41. The summed E-state index contributed by atoms with van der Waals surface area (Å²) < 4.78 is 1.11. The number of rotatable bonds is 2. The first kappa shape index (κ1) is 16.2. The number of benzene rings is 1. The molecule has 0 amide bonds. The van der Waals surface area contributed by atoms with Gasteiger partial charge < -0.3 is 4.90 Å². The fraction of sp³-hybridized carbons (Fsp3) is 0.647. The highest BCUT2D eigenvalue weighted by Gasteiger charge is 2.27. The van der Waals surface area contributed by atoms with E-state index in [-0.39, 0.29) is 0 Å². The van der Waals surface area contributed by atoms with E-state index in [2.05, 4.69) is 59.8 Å². The van der Waals surface area contributed by atoms with Crippen LogP contribution >= 0.6 is 27.5 Å². The standard InChI is InChI=1S/C17H25BrClN/c1-17(2,3)14-5-4-9-20(10-8-14)16-7-6-15(18)11-13(16)12-19/h6-7,11,14H,4-5,8-10,12H2,1-3H3. The Morgan fingerprint density at radius 1 is 1.25 bits per heavy atom. The van der Waals surface area contributed by atoms with Crippen LogP contribution in [0.15, 0.2) is 22.7 Å². The van der Waals surface area contributed by atoms with Gasteiger partial charge in [0.25, 0.3) is 0 Å². The van der Waals surface area contributed by atoms with E-state index in [1.54, 1.807) is 0 Å². The van der Waals surface area contributed by atoms with Crippen LogP contribution in [0.3, 0.4) is 0 Å². The summed E-state index contributed by atoms with van der Waals surface area (Å²) in [6, 6.07) is 6.48. The maximum Gasteiger partial charge on any atom is 0.0494 e. The largest absolute Gasteiger partial charge is 0.371 e. The monoisotopic (exact) mass is 357 g/mol. The van der Waals surface area contributed by atoms with Gasteiger partial charge in [0.1, 0.15) is 0 Å². The van der Waals surface area contributed by atoms with Crippen LogP contribution < -0.4 is 4.90 Å². The van der Waals surface area contributed by atoms with Gasteiger partial charge in [0.2, 0.25) is 0 Å². The van der Waals surface area contributed by atoms with Crippen LogP contribution in [0.4, 0.5) is 5.69 Å². The molecule has 0 spiro atoms. The lowest BCUT2D eigenvalue weighted by Crippen LogP contribution is -2.26. The van der Waals surface area contributed by atoms with Crippen LogP contribution in [0.1, 0.15) is 45.6 Å². The zero-order valence-electron chi connectivity index (χ0n) is 12.8. The molecule has 1 aliphatic heterocycles. The molecule has 1 nitrogen and oxygen atoms in total. The van der Waals surface area contributed by atoms with E-state index in [0.29, 0.717) is 11.3 Å². The maximum absolute atomic E-state index is 6.12. The van der Waals surface area contributed by atoms with Crippen molar-refractivity contribution in [1.29, 1.82) is 0 Å². The average Bonchev–Trinajstić information content (AvgIpc) is 2.63. The Balaban J connectivity index is 2.15. The smallest absolute Gasteiger partial charge is 0.0494 e. The Labute approximate surface area is 136 Å². The molecule has 20 heavy (non-hydrogen) atoms. The van der Waals surface area contributed by atoms with E-state index in [0.717, 1.165) is 23.5 Å². The second-order valence-electron chi connectivity index (χ2n) is 6.89. The van der Waals surface area contributed by atoms with Crippen LogP contribution in [0, 0.1) is 11.3 Å². The van der Waals surface area contributed by atoms with Gasteiger partial charge in [0.15, 0.2) is 0 Å². The van der Waals surface area contributed by atoms with Crippen LogP contribution in [0.2, 0.25) is 0 Å². The molecule has 0 radical (unpaired) electrons. The van der Waals surface area contributed by atoms with Crippen molar-refractivity contribution in [3.05, 3.63) is 28.2 Å². The van der Waals surface area contributed by atoms with E-state index < -0.39 is 0 Å². The van der Waals surface area contributed by atoms with Gasteiger partial charge in [-0.3, -0.25) is 0 Å². The van der Waals surface area contributed by atoms with Crippen LogP contribution in [-0.2, 0) is 5.88 Å². The van der Waals surface area contributed by atoms with Crippen molar-refractivity contribution in [3.63, 3.8) is 0 Å². The summed E-state index contributed by atoms with van der Waals surface area (Å²) in [5.41, 5.74) is 2.97. The minimum atomic E-state index is 0.422. The summed E-state index contributed by atoms with van der Waals surface area (Å²) in [5, 5.41) is 0. The minimum absolute atomic E-state index is 0.422. The molecule has 0 N–H and O–H groups in total. The highest BCUT2D eigenvalue weighted by Crippen LogP contribution is 2.36. The van der Waals surface area contributed by atoms with Crippen molar-refractivity contribution in [1.82, 2.24) is 0 Å². The van der Waals surface area contributed by atoms with Crippen molar-refractivity contribution in [2.24, 2.45) is 11.3 Å². The molecule has 3 heteroatoms. The van der Waals surface area contributed by atoms with Crippen LogP contribution in [-0.4, -0.2) is 13.1 Å². The molecule has 0 aromatic heterocycles. The maximum atomic E-state index is 6.12. The molecule has 0 bridgehead atoms. The third-order valence-corrected chi connectivity index (χ3v) is 5.26. The molecule has 1 heterocycles. The fourth-order valence-corrected chi connectivity index (χ4v) is 3.80. The van der Waals surface area contributed by atoms with Gasteiger partial charge in [-0.1, -0.05) is 36.7 Å². The highest BCUT2D eigenvalue weighted by atomic mass is 79.9. The molecule has 2 rings (SSSR count).